The fraction of sp³-hybridized carbons (Fsp3) is 0.238. The standard InChI is InChI=1S/C21H19F3N2O4S/c1-28-17-8-3-13(9-18(17)29-2)11-25-19(27)10-15-12-31-20(26-15)14-4-6-16(7-5-14)30-21(22,23)24/h3-9,12H,10-11H2,1-2H3,(H,25,27). The monoisotopic (exact) mass is 452 g/mol. The number of nitrogens with one attached hydrogen (secondary N) is 1. The molecule has 1 amide bonds. The number of amides is 1. The molecule has 0 radical (unpaired) electrons. The van der Waals surface area contributed by atoms with Crippen LogP contribution >= 0.6 is 11.3 Å². The number of hydrogen-bond donors (Lipinski definition) is 1. The van der Waals surface area contributed by atoms with Crippen molar-refractivity contribution in [2.45, 2.75) is 19.3 Å². The van der Waals surface area contributed by atoms with Crippen molar-refractivity contribution in [1.29, 1.82) is 0 Å². The fourth-order valence-electron chi connectivity index (χ4n) is 2.74. The van der Waals surface area contributed by atoms with Gasteiger partial charge in [0, 0.05) is 17.5 Å². The van der Waals surface area contributed by atoms with Crippen molar-refractivity contribution in [2.75, 3.05) is 14.2 Å². The molecule has 0 aliphatic heterocycles. The third-order valence-corrected chi connectivity index (χ3v) is 5.11. The molecule has 31 heavy (non-hydrogen) atoms. The SMILES string of the molecule is COc1ccc(CNC(=O)Cc2csc(-c3ccc(OC(F)(F)F)cc3)n2)cc1OC. The van der Waals surface area contributed by atoms with Gasteiger partial charge in [-0.05, 0) is 42.0 Å². The number of halogens is 3. The molecule has 0 saturated heterocycles. The molecule has 0 unspecified atom stereocenters. The number of carbonyl (C=O) groups excluding carboxylic acids is 1. The summed E-state index contributed by atoms with van der Waals surface area (Å²) in [4.78, 5) is 16.6. The van der Waals surface area contributed by atoms with Crippen molar-refractivity contribution < 1.29 is 32.2 Å². The number of aromatic nitrogens is 1. The summed E-state index contributed by atoms with van der Waals surface area (Å²) in [5, 5.41) is 5.16. The van der Waals surface area contributed by atoms with Crippen molar-refractivity contribution in [1.82, 2.24) is 10.3 Å². The molecule has 164 valence electrons. The molecule has 2 aromatic carbocycles. The Morgan fingerprint density at radius 3 is 2.42 bits per heavy atom. The summed E-state index contributed by atoms with van der Waals surface area (Å²) >= 11 is 1.30. The summed E-state index contributed by atoms with van der Waals surface area (Å²) in [5.74, 6) is 0.666. The zero-order valence-electron chi connectivity index (χ0n) is 16.7. The second-order valence-corrected chi connectivity index (χ2v) is 7.22. The summed E-state index contributed by atoms with van der Waals surface area (Å²) in [6, 6.07) is 10.8. The van der Waals surface area contributed by atoms with Gasteiger partial charge in [0.2, 0.25) is 5.91 Å². The maximum atomic E-state index is 12.3. The second-order valence-electron chi connectivity index (χ2n) is 6.36. The van der Waals surface area contributed by atoms with Gasteiger partial charge in [-0.3, -0.25) is 4.79 Å². The van der Waals surface area contributed by atoms with Gasteiger partial charge < -0.3 is 19.5 Å². The number of rotatable bonds is 8. The number of hydrogen-bond acceptors (Lipinski definition) is 6. The molecular formula is C21H19F3N2O4S. The number of nitrogens with zero attached hydrogens (tertiary/aromatic N) is 1. The summed E-state index contributed by atoms with van der Waals surface area (Å²) in [5.41, 5.74) is 2.06. The van der Waals surface area contributed by atoms with E-state index in [4.69, 9.17) is 9.47 Å². The van der Waals surface area contributed by atoms with E-state index in [9.17, 15) is 18.0 Å². The van der Waals surface area contributed by atoms with Crippen LogP contribution in [0, 0.1) is 0 Å². The van der Waals surface area contributed by atoms with Crippen molar-refractivity contribution in [3.63, 3.8) is 0 Å². The topological polar surface area (TPSA) is 69.7 Å². The van der Waals surface area contributed by atoms with Crippen molar-refractivity contribution in [3.8, 4) is 27.8 Å². The Bertz CT molecular complexity index is 1040. The van der Waals surface area contributed by atoms with E-state index in [1.807, 2.05) is 6.07 Å². The highest BCUT2D eigenvalue weighted by Crippen LogP contribution is 2.29. The molecule has 0 spiro atoms. The Labute approximate surface area is 180 Å². The lowest BCUT2D eigenvalue weighted by Gasteiger charge is -2.10. The normalized spacial score (nSPS) is 11.1. The molecular weight excluding hydrogens is 433 g/mol. The molecule has 10 heteroatoms. The average Bonchev–Trinajstić information content (AvgIpc) is 3.19. The van der Waals surface area contributed by atoms with Gasteiger partial charge in [-0.25, -0.2) is 4.98 Å². The minimum Gasteiger partial charge on any atom is -0.493 e. The van der Waals surface area contributed by atoms with Gasteiger partial charge in [-0.15, -0.1) is 24.5 Å². The van der Waals surface area contributed by atoms with E-state index in [0.29, 0.717) is 34.3 Å². The van der Waals surface area contributed by atoms with E-state index in [-0.39, 0.29) is 18.1 Å². The number of methoxy groups -OCH3 is 2. The van der Waals surface area contributed by atoms with Crippen LogP contribution in [-0.2, 0) is 17.8 Å². The van der Waals surface area contributed by atoms with E-state index in [1.165, 1.54) is 42.7 Å². The number of carbonyl (C=O) groups is 1. The van der Waals surface area contributed by atoms with Crippen LogP contribution in [0.3, 0.4) is 0 Å². The smallest absolute Gasteiger partial charge is 0.493 e. The molecule has 6 nitrogen and oxygen atoms in total. The highest BCUT2D eigenvalue weighted by molar-refractivity contribution is 7.13. The Morgan fingerprint density at radius 2 is 1.77 bits per heavy atom. The van der Waals surface area contributed by atoms with Crippen LogP contribution < -0.4 is 19.5 Å². The van der Waals surface area contributed by atoms with Crippen molar-refractivity contribution in [2.24, 2.45) is 0 Å². The van der Waals surface area contributed by atoms with Crippen LogP contribution in [-0.4, -0.2) is 31.5 Å². The van der Waals surface area contributed by atoms with E-state index >= 15 is 0 Å². The third-order valence-electron chi connectivity index (χ3n) is 4.17. The van der Waals surface area contributed by atoms with Gasteiger partial charge in [-0.1, -0.05) is 6.07 Å². The largest absolute Gasteiger partial charge is 0.573 e. The molecule has 1 heterocycles. The number of alkyl halides is 3. The molecule has 3 aromatic rings. The first kappa shape index (κ1) is 22.4. The number of benzene rings is 2. The summed E-state index contributed by atoms with van der Waals surface area (Å²) < 4.78 is 51.0. The zero-order chi connectivity index (χ0) is 22.4. The quantitative estimate of drug-likeness (QED) is 0.542. The average molecular weight is 452 g/mol. The van der Waals surface area contributed by atoms with Gasteiger partial charge in [0.1, 0.15) is 10.8 Å². The highest BCUT2D eigenvalue weighted by Gasteiger charge is 2.31. The minimum atomic E-state index is -4.74. The van der Waals surface area contributed by atoms with Gasteiger partial charge in [0.25, 0.3) is 0 Å². The van der Waals surface area contributed by atoms with Crippen LogP contribution in [0.15, 0.2) is 47.8 Å². The molecule has 0 atom stereocenters. The van der Waals surface area contributed by atoms with Crippen LogP contribution in [0.1, 0.15) is 11.3 Å². The Morgan fingerprint density at radius 1 is 1.06 bits per heavy atom. The Hall–Kier alpha value is -3.27. The molecule has 0 saturated carbocycles. The minimum absolute atomic E-state index is 0.0824. The predicted molar refractivity (Wildman–Crippen MR) is 109 cm³/mol. The van der Waals surface area contributed by atoms with Crippen LogP contribution in [0.4, 0.5) is 13.2 Å². The van der Waals surface area contributed by atoms with E-state index in [2.05, 4.69) is 15.0 Å². The van der Waals surface area contributed by atoms with Gasteiger partial charge in [0.05, 0.1) is 26.3 Å². The molecule has 0 aliphatic carbocycles. The van der Waals surface area contributed by atoms with E-state index in [1.54, 1.807) is 24.6 Å². The second kappa shape index (κ2) is 9.69. The lowest BCUT2D eigenvalue weighted by atomic mass is 10.2. The third kappa shape index (κ3) is 6.35. The highest BCUT2D eigenvalue weighted by atomic mass is 32.1. The van der Waals surface area contributed by atoms with Crippen molar-refractivity contribution >= 4 is 17.2 Å². The summed E-state index contributed by atoms with van der Waals surface area (Å²) in [7, 11) is 3.09. The molecule has 0 fully saturated rings. The summed E-state index contributed by atoms with van der Waals surface area (Å²) in [6.45, 7) is 0.316. The molecule has 1 N–H and O–H groups in total. The maximum Gasteiger partial charge on any atom is 0.573 e. The van der Waals surface area contributed by atoms with Gasteiger partial charge in [-0.2, -0.15) is 0 Å². The Kier molecular flexibility index (Phi) is 7.01. The first-order chi connectivity index (χ1) is 14.8. The number of ether oxygens (including phenoxy) is 3. The fourth-order valence-corrected chi connectivity index (χ4v) is 3.56. The molecule has 0 aliphatic rings. The Balaban J connectivity index is 1.56. The maximum absolute atomic E-state index is 12.3. The van der Waals surface area contributed by atoms with Crippen molar-refractivity contribution in [3.05, 3.63) is 59.1 Å². The first-order valence-electron chi connectivity index (χ1n) is 9.05. The van der Waals surface area contributed by atoms with Crippen LogP contribution in [0.25, 0.3) is 10.6 Å². The van der Waals surface area contributed by atoms with Gasteiger partial charge in [0.15, 0.2) is 11.5 Å². The summed E-state index contributed by atoms with van der Waals surface area (Å²) in [6.07, 6.45) is -4.65. The lowest BCUT2D eigenvalue weighted by molar-refractivity contribution is -0.274. The zero-order valence-corrected chi connectivity index (χ0v) is 17.5. The van der Waals surface area contributed by atoms with Crippen LogP contribution in [0.5, 0.6) is 17.2 Å². The predicted octanol–water partition coefficient (Wildman–Crippen LogP) is 4.58. The van der Waals surface area contributed by atoms with E-state index in [0.717, 1.165) is 5.56 Å². The first-order valence-corrected chi connectivity index (χ1v) is 9.93. The van der Waals surface area contributed by atoms with E-state index < -0.39 is 6.36 Å². The molecule has 3 rings (SSSR count). The lowest BCUT2D eigenvalue weighted by Crippen LogP contribution is -2.24. The molecule has 0 bridgehead atoms. The molecule has 1 aromatic heterocycles. The van der Waals surface area contributed by atoms with Gasteiger partial charge >= 0.3 is 6.36 Å². The number of thiazole rings is 1. The van der Waals surface area contributed by atoms with Crippen LogP contribution in [0.2, 0.25) is 0 Å².